The molecular weight excluding hydrogens is 368 g/mol. The first-order chi connectivity index (χ1) is 14.1. The minimum Gasteiger partial charge on any atom is -0.369 e. The van der Waals surface area contributed by atoms with Gasteiger partial charge in [0, 0.05) is 31.6 Å². The van der Waals surface area contributed by atoms with E-state index >= 15 is 0 Å². The van der Waals surface area contributed by atoms with E-state index in [4.69, 9.17) is 10.3 Å². The number of hydrogen-bond acceptors (Lipinski definition) is 5. The lowest BCUT2D eigenvalue weighted by Crippen LogP contribution is -2.43. The fourth-order valence-electron chi connectivity index (χ4n) is 3.80. The van der Waals surface area contributed by atoms with Crippen molar-refractivity contribution in [1.82, 2.24) is 20.7 Å². The van der Waals surface area contributed by atoms with Gasteiger partial charge in [0.05, 0.1) is 11.6 Å². The SMILES string of the molecule is CCNC(=NCc1cc(C(CC)CC)no1)NCCCN1CCCC(C(N)=O)C1. The molecule has 8 nitrogen and oxygen atoms in total. The molecule has 1 aromatic heterocycles. The molecule has 1 fully saturated rings. The highest BCUT2D eigenvalue weighted by molar-refractivity contribution is 5.79. The zero-order valence-corrected chi connectivity index (χ0v) is 18.2. The van der Waals surface area contributed by atoms with Gasteiger partial charge in [-0.1, -0.05) is 19.0 Å². The van der Waals surface area contributed by atoms with Crippen LogP contribution in [0.15, 0.2) is 15.6 Å². The van der Waals surface area contributed by atoms with E-state index in [9.17, 15) is 4.79 Å². The first-order valence-corrected chi connectivity index (χ1v) is 11.1. The van der Waals surface area contributed by atoms with Crippen LogP contribution in [0.5, 0.6) is 0 Å². The summed E-state index contributed by atoms with van der Waals surface area (Å²) in [6.07, 6.45) is 5.07. The van der Waals surface area contributed by atoms with E-state index in [2.05, 4.69) is 46.5 Å². The minimum atomic E-state index is -0.172. The molecule has 0 radical (unpaired) electrons. The molecule has 0 aromatic carbocycles. The fraction of sp³-hybridized carbons (Fsp3) is 0.762. The first kappa shape index (κ1) is 23.2. The number of carbonyl (C=O) groups excluding carboxylic acids is 1. The molecule has 1 saturated heterocycles. The van der Waals surface area contributed by atoms with E-state index in [1.807, 2.05) is 6.07 Å². The molecule has 29 heavy (non-hydrogen) atoms. The number of nitrogens with zero attached hydrogens (tertiary/aromatic N) is 3. The van der Waals surface area contributed by atoms with Crippen LogP contribution in [0.3, 0.4) is 0 Å². The van der Waals surface area contributed by atoms with Crippen molar-refractivity contribution >= 4 is 11.9 Å². The lowest BCUT2D eigenvalue weighted by molar-refractivity contribution is -0.123. The van der Waals surface area contributed by atoms with Crippen molar-refractivity contribution in [3.63, 3.8) is 0 Å². The van der Waals surface area contributed by atoms with Crippen LogP contribution in [0, 0.1) is 5.92 Å². The molecule has 8 heteroatoms. The molecule has 1 atom stereocenters. The summed E-state index contributed by atoms with van der Waals surface area (Å²) in [4.78, 5) is 18.3. The molecule has 1 unspecified atom stereocenters. The van der Waals surface area contributed by atoms with Crippen molar-refractivity contribution in [2.24, 2.45) is 16.6 Å². The number of aromatic nitrogens is 1. The Bertz CT molecular complexity index is 641. The predicted octanol–water partition coefficient (Wildman–Crippen LogP) is 2.22. The van der Waals surface area contributed by atoms with Gasteiger partial charge in [0.15, 0.2) is 11.7 Å². The number of hydrogen-bond donors (Lipinski definition) is 3. The number of likely N-dealkylation sites (tertiary alicyclic amines) is 1. The molecule has 0 aliphatic carbocycles. The predicted molar refractivity (Wildman–Crippen MR) is 116 cm³/mol. The molecule has 2 rings (SSSR count). The van der Waals surface area contributed by atoms with Crippen LogP contribution in [0.1, 0.15) is 70.2 Å². The first-order valence-electron chi connectivity index (χ1n) is 11.1. The number of aliphatic imine (C=N–C) groups is 1. The summed E-state index contributed by atoms with van der Waals surface area (Å²) in [6, 6.07) is 2.02. The average molecular weight is 407 g/mol. The Morgan fingerprint density at radius 3 is 2.86 bits per heavy atom. The third kappa shape index (κ3) is 7.68. The van der Waals surface area contributed by atoms with E-state index in [-0.39, 0.29) is 11.8 Å². The average Bonchev–Trinajstić information content (AvgIpc) is 3.19. The highest BCUT2D eigenvalue weighted by atomic mass is 16.5. The van der Waals surface area contributed by atoms with Gasteiger partial charge in [-0.25, -0.2) is 4.99 Å². The Morgan fingerprint density at radius 2 is 2.17 bits per heavy atom. The second-order valence-corrected chi connectivity index (χ2v) is 7.75. The number of nitrogens with two attached hydrogens (primary N) is 1. The van der Waals surface area contributed by atoms with Gasteiger partial charge in [0.2, 0.25) is 5.91 Å². The van der Waals surface area contributed by atoms with Gasteiger partial charge in [-0.2, -0.15) is 0 Å². The van der Waals surface area contributed by atoms with Crippen LogP contribution in [0.2, 0.25) is 0 Å². The van der Waals surface area contributed by atoms with Crippen molar-refractivity contribution in [3.8, 4) is 0 Å². The van der Waals surface area contributed by atoms with Gasteiger partial charge < -0.3 is 25.8 Å². The molecule has 164 valence electrons. The summed E-state index contributed by atoms with van der Waals surface area (Å²) in [5.74, 6) is 1.85. The molecule has 2 heterocycles. The summed E-state index contributed by atoms with van der Waals surface area (Å²) < 4.78 is 5.46. The Labute approximate surface area is 174 Å². The van der Waals surface area contributed by atoms with Crippen LogP contribution >= 0.6 is 0 Å². The van der Waals surface area contributed by atoms with Crippen molar-refractivity contribution in [3.05, 3.63) is 17.5 Å². The zero-order chi connectivity index (χ0) is 21.1. The van der Waals surface area contributed by atoms with Crippen molar-refractivity contribution in [1.29, 1.82) is 0 Å². The minimum absolute atomic E-state index is 0.00222. The van der Waals surface area contributed by atoms with Gasteiger partial charge in [0.25, 0.3) is 0 Å². The number of amides is 1. The maximum Gasteiger partial charge on any atom is 0.221 e. The number of rotatable bonds is 11. The molecule has 0 saturated carbocycles. The van der Waals surface area contributed by atoms with Crippen molar-refractivity contribution < 1.29 is 9.32 Å². The number of piperidine rings is 1. The van der Waals surface area contributed by atoms with E-state index in [1.165, 1.54) is 0 Å². The molecular formula is C21H38N6O2. The fourth-order valence-corrected chi connectivity index (χ4v) is 3.80. The van der Waals surface area contributed by atoms with Crippen LogP contribution in [-0.2, 0) is 11.3 Å². The number of guanidine groups is 1. The molecule has 1 aliphatic rings. The van der Waals surface area contributed by atoms with Gasteiger partial charge in [-0.3, -0.25) is 4.79 Å². The van der Waals surface area contributed by atoms with Gasteiger partial charge in [-0.05, 0) is 52.1 Å². The Morgan fingerprint density at radius 1 is 1.38 bits per heavy atom. The van der Waals surface area contributed by atoms with E-state index in [1.54, 1.807) is 0 Å². The summed E-state index contributed by atoms with van der Waals surface area (Å²) in [6.45, 7) is 11.3. The van der Waals surface area contributed by atoms with Crippen molar-refractivity contribution in [2.45, 2.75) is 65.3 Å². The summed E-state index contributed by atoms with van der Waals surface area (Å²) in [5, 5.41) is 10.8. The number of nitrogens with one attached hydrogen (secondary N) is 2. The zero-order valence-electron chi connectivity index (χ0n) is 18.2. The van der Waals surface area contributed by atoms with Crippen LogP contribution in [0.25, 0.3) is 0 Å². The monoisotopic (exact) mass is 406 g/mol. The molecule has 1 aliphatic heterocycles. The lowest BCUT2D eigenvalue weighted by atomic mass is 9.97. The molecule has 1 aromatic rings. The molecule has 0 bridgehead atoms. The standard InChI is InChI=1S/C21H38N6O2/c1-4-16(5-2)19-13-18(29-26-19)14-25-21(23-6-3)24-10-8-12-27-11-7-9-17(15-27)20(22)28/h13,16-17H,4-12,14-15H2,1-3H3,(H2,22,28)(H2,23,24,25). The Kier molecular flexibility index (Phi) is 9.97. The van der Waals surface area contributed by atoms with Gasteiger partial charge in [0.1, 0.15) is 6.54 Å². The number of primary amides is 1. The summed E-state index contributed by atoms with van der Waals surface area (Å²) >= 11 is 0. The molecule has 4 N–H and O–H groups in total. The Hall–Kier alpha value is -2.09. The van der Waals surface area contributed by atoms with E-state index in [0.717, 1.165) is 82.2 Å². The maximum absolute atomic E-state index is 11.4. The van der Waals surface area contributed by atoms with E-state index < -0.39 is 0 Å². The largest absolute Gasteiger partial charge is 0.369 e. The highest BCUT2D eigenvalue weighted by Crippen LogP contribution is 2.22. The van der Waals surface area contributed by atoms with Crippen LogP contribution < -0.4 is 16.4 Å². The summed E-state index contributed by atoms with van der Waals surface area (Å²) in [5.41, 5.74) is 6.48. The van der Waals surface area contributed by atoms with Gasteiger partial charge in [-0.15, -0.1) is 0 Å². The highest BCUT2D eigenvalue weighted by Gasteiger charge is 2.23. The number of carbonyl (C=O) groups is 1. The third-order valence-electron chi connectivity index (χ3n) is 5.57. The lowest BCUT2D eigenvalue weighted by Gasteiger charge is -2.31. The summed E-state index contributed by atoms with van der Waals surface area (Å²) in [7, 11) is 0. The smallest absolute Gasteiger partial charge is 0.221 e. The molecule has 0 spiro atoms. The topological polar surface area (TPSA) is 109 Å². The Balaban J connectivity index is 1.77. The van der Waals surface area contributed by atoms with Crippen molar-refractivity contribution in [2.75, 3.05) is 32.7 Å². The maximum atomic E-state index is 11.4. The van der Waals surface area contributed by atoms with Crippen LogP contribution in [-0.4, -0.2) is 54.6 Å². The van der Waals surface area contributed by atoms with Gasteiger partial charge >= 0.3 is 0 Å². The normalized spacial score (nSPS) is 18.2. The second-order valence-electron chi connectivity index (χ2n) is 7.75. The third-order valence-corrected chi connectivity index (χ3v) is 5.57. The molecule has 1 amide bonds. The van der Waals surface area contributed by atoms with E-state index in [0.29, 0.717) is 12.5 Å². The van der Waals surface area contributed by atoms with Crippen LogP contribution in [0.4, 0.5) is 0 Å². The quantitative estimate of drug-likeness (QED) is 0.295. The second kappa shape index (κ2) is 12.5.